The second-order valence-corrected chi connectivity index (χ2v) is 8.46. The van der Waals surface area contributed by atoms with Crippen LogP contribution in [-0.2, 0) is 6.54 Å². The summed E-state index contributed by atoms with van der Waals surface area (Å²) in [6.07, 6.45) is 3.48. The molecule has 30 heavy (non-hydrogen) atoms. The van der Waals surface area contributed by atoms with E-state index in [2.05, 4.69) is 37.1 Å². The van der Waals surface area contributed by atoms with Crippen LogP contribution in [0.3, 0.4) is 0 Å². The number of rotatable bonds is 3. The molecule has 0 saturated carbocycles. The van der Waals surface area contributed by atoms with E-state index in [1.54, 1.807) is 16.7 Å². The van der Waals surface area contributed by atoms with E-state index in [0.29, 0.717) is 23.3 Å². The monoisotopic (exact) mass is 462 g/mol. The first kappa shape index (κ1) is 18.8. The van der Waals surface area contributed by atoms with Gasteiger partial charge in [-0.1, -0.05) is 28.1 Å². The van der Waals surface area contributed by atoms with Crippen LogP contribution in [0.2, 0.25) is 0 Å². The predicted molar refractivity (Wildman–Crippen MR) is 119 cm³/mol. The van der Waals surface area contributed by atoms with Crippen molar-refractivity contribution in [3.05, 3.63) is 68.4 Å². The zero-order chi connectivity index (χ0) is 20.7. The highest BCUT2D eigenvalue weighted by Crippen LogP contribution is 2.25. The summed E-state index contributed by atoms with van der Waals surface area (Å²) >= 11 is 3.49. The number of nitrogens with zero attached hydrogens (tertiary/aromatic N) is 6. The lowest BCUT2D eigenvalue weighted by Gasteiger charge is -2.26. The number of hydrogen-bond acceptors (Lipinski definition) is 5. The molecule has 1 fully saturated rings. The number of fused-ring (bicyclic) bond motifs is 3. The Morgan fingerprint density at radius 1 is 1.03 bits per heavy atom. The van der Waals surface area contributed by atoms with Crippen molar-refractivity contribution in [2.75, 3.05) is 18.0 Å². The molecular formula is C22H19BrN6O. The minimum atomic E-state index is -0.110. The van der Waals surface area contributed by atoms with Crippen LogP contribution in [0.15, 0.2) is 51.7 Å². The maximum absolute atomic E-state index is 13.4. The van der Waals surface area contributed by atoms with E-state index in [1.807, 2.05) is 34.7 Å². The first-order valence-electron chi connectivity index (χ1n) is 9.97. The summed E-state index contributed by atoms with van der Waals surface area (Å²) in [4.78, 5) is 15.7. The average Bonchev–Trinajstić information content (AvgIpc) is 3.23. The third-order valence-corrected chi connectivity index (χ3v) is 6.10. The third kappa shape index (κ3) is 3.15. The van der Waals surface area contributed by atoms with Gasteiger partial charge in [-0.15, -0.1) is 10.2 Å². The lowest BCUT2D eigenvalue weighted by molar-refractivity contribution is 0.567. The molecule has 0 atom stereocenters. The molecule has 0 N–H and O–H groups in total. The van der Waals surface area contributed by atoms with Gasteiger partial charge in [-0.05, 0) is 55.2 Å². The average molecular weight is 463 g/mol. The molecule has 8 heteroatoms. The van der Waals surface area contributed by atoms with Gasteiger partial charge in [0.15, 0.2) is 0 Å². The van der Waals surface area contributed by atoms with Crippen LogP contribution < -0.4 is 10.5 Å². The molecule has 3 heterocycles. The van der Waals surface area contributed by atoms with Gasteiger partial charge < -0.3 is 4.90 Å². The lowest BCUT2D eigenvalue weighted by Crippen LogP contribution is -2.32. The fourth-order valence-corrected chi connectivity index (χ4v) is 4.44. The summed E-state index contributed by atoms with van der Waals surface area (Å²) < 4.78 is 4.51. The second-order valence-electron chi connectivity index (χ2n) is 7.54. The molecule has 4 aromatic rings. The van der Waals surface area contributed by atoms with Gasteiger partial charge in [0.05, 0.1) is 29.1 Å². The van der Waals surface area contributed by atoms with Gasteiger partial charge in [-0.25, -0.2) is 4.40 Å². The lowest BCUT2D eigenvalue weighted by atomic mass is 10.1. The number of hydrogen-bond donors (Lipinski definition) is 0. The van der Waals surface area contributed by atoms with Gasteiger partial charge in [0, 0.05) is 17.6 Å². The molecule has 2 aromatic carbocycles. The molecule has 0 aliphatic carbocycles. The van der Waals surface area contributed by atoms with Crippen LogP contribution in [0.25, 0.3) is 16.7 Å². The van der Waals surface area contributed by atoms with E-state index in [0.717, 1.165) is 47.4 Å². The molecule has 1 aliphatic heterocycles. The predicted octanol–water partition coefficient (Wildman–Crippen LogP) is 3.72. The second kappa shape index (κ2) is 7.58. The van der Waals surface area contributed by atoms with Crippen molar-refractivity contribution in [2.24, 2.45) is 0 Å². The summed E-state index contributed by atoms with van der Waals surface area (Å²) in [5.74, 6) is 1.31. The first-order valence-corrected chi connectivity index (χ1v) is 10.8. The smallest absolute Gasteiger partial charge is 0.263 e. The maximum atomic E-state index is 13.4. The molecule has 0 unspecified atom stereocenters. The fraction of sp³-hybridized carbons (Fsp3) is 0.273. The van der Waals surface area contributed by atoms with Gasteiger partial charge >= 0.3 is 0 Å². The minimum absolute atomic E-state index is 0.110. The summed E-state index contributed by atoms with van der Waals surface area (Å²) in [7, 11) is 0. The highest BCUT2D eigenvalue weighted by atomic mass is 79.9. The van der Waals surface area contributed by atoms with Crippen molar-refractivity contribution in [1.29, 1.82) is 5.26 Å². The Bertz CT molecular complexity index is 1340. The Balaban J connectivity index is 1.74. The van der Waals surface area contributed by atoms with Crippen molar-refractivity contribution in [2.45, 2.75) is 25.8 Å². The zero-order valence-electron chi connectivity index (χ0n) is 16.3. The Kier molecular flexibility index (Phi) is 4.75. The molecule has 2 aromatic heterocycles. The third-order valence-electron chi connectivity index (χ3n) is 5.61. The molecule has 0 bridgehead atoms. The van der Waals surface area contributed by atoms with E-state index in [9.17, 15) is 4.79 Å². The number of piperidine rings is 1. The summed E-state index contributed by atoms with van der Waals surface area (Å²) in [6, 6.07) is 15.1. The largest absolute Gasteiger partial charge is 0.341 e. The minimum Gasteiger partial charge on any atom is -0.341 e. The molecule has 5 rings (SSSR count). The number of aromatic nitrogens is 4. The molecule has 1 aliphatic rings. The van der Waals surface area contributed by atoms with Crippen LogP contribution >= 0.6 is 15.9 Å². The van der Waals surface area contributed by atoms with Crippen LogP contribution in [0.1, 0.15) is 30.4 Å². The number of nitriles is 1. The van der Waals surface area contributed by atoms with Crippen LogP contribution in [-0.4, -0.2) is 32.3 Å². The van der Waals surface area contributed by atoms with E-state index in [4.69, 9.17) is 5.26 Å². The van der Waals surface area contributed by atoms with Crippen molar-refractivity contribution in [3.8, 4) is 6.07 Å². The molecule has 0 amide bonds. The Morgan fingerprint density at radius 2 is 1.80 bits per heavy atom. The van der Waals surface area contributed by atoms with E-state index >= 15 is 0 Å². The zero-order valence-corrected chi connectivity index (χ0v) is 17.8. The number of halogens is 1. The molecule has 7 nitrogen and oxygen atoms in total. The Morgan fingerprint density at radius 3 is 2.53 bits per heavy atom. The molecule has 0 radical (unpaired) electrons. The highest BCUT2D eigenvalue weighted by Gasteiger charge is 2.22. The van der Waals surface area contributed by atoms with Gasteiger partial charge in [-0.2, -0.15) is 5.26 Å². The number of anilines is 1. The van der Waals surface area contributed by atoms with E-state index in [1.165, 1.54) is 6.42 Å². The molecule has 0 spiro atoms. The van der Waals surface area contributed by atoms with E-state index < -0.39 is 0 Å². The highest BCUT2D eigenvalue weighted by molar-refractivity contribution is 9.10. The SMILES string of the molecule is N#Cc1ccc(Cn2c(=O)c3cc(Br)ccc3n3c(N4CCCCC4)nnc23)cc1. The molecule has 1 saturated heterocycles. The Hall–Kier alpha value is -3.18. The van der Waals surface area contributed by atoms with Crippen molar-refractivity contribution >= 4 is 38.6 Å². The summed E-state index contributed by atoms with van der Waals surface area (Å²) in [6.45, 7) is 2.23. The van der Waals surface area contributed by atoms with Gasteiger partial charge in [-0.3, -0.25) is 9.36 Å². The summed E-state index contributed by atoms with van der Waals surface area (Å²) in [5.41, 5.74) is 2.21. The van der Waals surface area contributed by atoms with Crippen LogP contribution in [0, 0.1) is 11.3 Å². The van der Waals surface area contributed by atoms with Crippen molar-refractivity contribution in [3.63, 3.8) is 0 Å². The van der Waals surface area contributed by atoms with E-state index in [-0.39, 0.29) is 5.56 Å². The van der Waals surface area contributed by atoms with Crippen LogP contribution in [0.5, 0.6) is 0 Å². The maximum Gasteiger partial charge on any atom is 0.263 e. The quantitative estimate of drug-likeness (QED) is 0.463. The van der Waals surface area contributed by atoms with Crippen molar-refractivity contribution < 1.29 is 0 Å². The molecular weight excluding hydrogens is 444 g/mol. The first-order chi connectivity index (χ1) is 14.7. The normalized spacial score (nSPS) is 14.3. The topological polar surface area (TPSA) is 79.2 Å². The Labute approximate surface area is 181 Å². The van der Waals surface area contributed by atoms with Gasteiger partial charge in [0.2, 0.25) is 11.7 Å². The van der Waals surface area contributed by atoms with Gasteiger partial charge in [0.25, 0.3) is 5.56 Å². The van der Waals surface area contributed by atoms with Crippen LogP contribution in [0.4, 0.5) is 5.95 Å². The fourth-order valence-electron chi connectivity index (χ4n) is 4.08. The number of benzene rings is 2. The standard InChI is InChI=1S/C22H19BrN6O/c23-17-8-9-19-18(12-17)20(30)28(14-16-6-4-15(13-24)5-7-16)22-26-25-21(29(19)22)27-10-2-1-3-11-27/h4-9,12H,1-3,10-11,14H2. The molecule has 150 valence electrons. The summed E-state index contributed by atoms with van der Waals surface area (Å²) in [5, 5.41) is 18.6. The van der Waals surface area contributed by atoms with Gasteiger partial charge in [0.1, 0.15) is 0 Å². The van der Waals surface area contributed by atoms with Crippen molar-refractivity contribution in [1.82, 2.24) is 19.2 Å².